The second kappa shape index (κ2) is 10.4. The monoisotopic (exact) mass is 424 g/mol. The van der Waals surface area contributed by atoms with E-state index in [-0.39, 0.29) is 0 Å². The van der Waals surface area contributed by atoms with Gasteiger partial charge in [0, 0.05) is 11.4 Å². The van der Waals surface area contributed by atoms with E-state index in [1.165, 1.54) is 11.1 Å². The Morgan fingerprint density at radius 3 is 1.00 bits per heavy atom. The zero-order chi connectivity index (χ0) is 22.2. The van der Waals surface area contributed by atoms with Gasteiger partial charge in [0.15, 0.2) is 0 Å². The molecule has 0 saturated heterocycles. The van der Waals surface area contributed by atoms with E-state index in [4.69, 9.17) is 20.9 Å². The SMILES string of the molecule is Nc1ccc(Oc2ccc(CCCCc3ccc(Oc4ccc(N)cc4)cc3)cc2)cc1. The van der Waals surface area contributed by atoms with Gasteiger partial charge in [-0.15, -0.1) is 0 Å². The largest absolute Gasteiger partial charge is 0.457 e. The van der Waals surface area contributed by atoms with Gasteiger partial charge in [-0.05, 0) is 110 Å². The maximum absolute atomic E-state index is 5.85. The summed E-state index contributed by atoms with van der Waals surface area (Å²) in [5.74, 6) is 3.24. The molecule has 4 rings (SSSR count). The van der Waals surface area contributed by atoms with Crippen LogP contribution in [0.3, 0.4) is 0 Å². The molecule has 0 fully saturated rings. The maximum Gasteiger partial charge on any atom is 0.127 e. The van der Waals surface area contributed by atoms with Crippen LogP contribution >= 0.6 is 0 Å². The summed E-state index contributed by atoms with van der Waals surface area (Å²) in [6.45, 7) is 0. The molecule has 32 heavy (non-hydrogen) atoms. The van der Waals surface area contributed by atoms with Crippen LogP contribution in [-0.2, 0) is 12.8 Å². The lowest BCUT2D eigenvalue weighted by Gasteiger charge is -2.08. The lowest BCUT2D eigenvalue weighted by Crippen LogP contribution is -1.91. The molecule has 4 nitrogen and oxygen atoms in total. The van der Waals surface area contributed by atoms with Crippen LogP contribution in [0.15, 0.2) is 97.1 Å². The highest BCUT2D eigenvalue weighted by Gasteiger charge is 2.01. The highest BCUT2D eigenvalue weighted by atomic mass is 16.5. The van der Waals surface area contributed by atoms with Crippen molar-refractivity contribution in [3.63, 3.8) is 0 Å². The molecular weight excluding hydrogens is 396 g/mol. The summed E-state index contributed by atoms with van der Waals surface area (Å²) >= 11 is 0. The van der Waals surface area contributed by atoms with Crippen molar-refractivity contribution in [1.29, 1.82) is 0 Å². The van der Waals surface area contributed by atoms with Gasteiger partial charge in [0.25, 0.3) is 0 Å². The number of unbranched alkanes of at least 4 members (excludes halogenated alkanes) is 1. The molecule has 4 N–H and O–H groups in total. The minimum absolute atomic E-state index is 0.732. The van der Waals surface area contributed by atoms with Gasteiger partial charge < -0.3 is 20.9 Å². The average molecular weight is 425 g/mol. The fourth-order valence-electron chi connectivity index (χ4n) is 3.45. The van der Waals surface area contributed by atoms with Crippen LogP contribution in [0.5, 0.6) is 23.0 Å². The Kier molecular flexibility index (Phi) is 6.93. The Morgan fingerprint density at radius 2 is 0.688 bits per heavy atom. The van der Waals surface area contributed by atoms with Gasteiger partial charge >= 0.3 is 0 Å². The zero-order valence-corrected chi connectivity index (χ0v) is 18.0. The van der Waals surface area contributed by atoms with E-state index in [9.17, 15) is 0 Å². The molecule has 162 valence electrons. The zero-order valence-electron chi connectivity index (χ0n) is 18.0. The predicted octanol–water partition coefficient (Wildman–Crippen LogP) is 7.00. The molecule has 0 aliphatic heterocycles. The first-order valence-electron chi connectivity index (χ1n) is 10.9. The molecule has 4 heteroatoms. The van der Waals surface area contributed by atoms with Crippen LogP contribution < -0.4 is 20.9 Å². The van der Waals surface area contributed by atoms with Crippen LogP contribution in [-0.4, -0.2) is 0 Å². The third kappa shape index (κ3) is 6.29. The summed E-state index contributed by atoms with van der Waals surface area (Å²) in [4.78, 5) is 0. The van der Waals surface area contributed by atoms with Gasteiger partial charge in [-0.25, -0.2) is 0 Å². The number of nitrogens with two attached hydrogens (primary N) is 2. The smallest absolute Gasteiger partial charge is 0.127 e. The van der Waals surface area contributed by atoms with Crippen molar-refractivity contribution in [2.75, 3.05) is 11.5 Å². The van der Waals surface area contributed by atoms with E-state index >= 15 is 0 Å². The fraction of sp³-hybridized carbons (Fsp3) is 0.143. The normalized spacial score (nSPS) is 10.6. The number of aryl methyl sites for hydroxylation is 2. The Labute approximate surface area is 189 Å². The molecule has 0 atom stereocenters. The predicted molar refractivity (Wildman–Crippen MR) is 131 cm³/mol. The van der Waals surface area contributed by atoms with Crippen molar-refractivity contribution in [1.82, 2.24) is 0 Å². The topological polar surface area (TPSA) is 70.5 Å². The summed E-state index contributed by atoms with van der Waals surface area (Å²) in [7, 11) is 0. The number of anilines is 2. The molecule has 0 amide bonds. The molecule has 0 bridgehead atoms. The summed E-state index contributed by atoms with van der Waals surface area (Å²) in [5, 5.41) is 0. The Bertz CT molecular complexity index is 1010. The number of hydrogen-bond acceptors (Lipinski definition) is 4. The van der Waals surface area contributed by atoms with Crippen molar-refractivity contribution >= 4 is 11.4 Å². The van der Waals surface area contributed by atoms with Gasteiger partial charge in [0.1, 0.15) is 23.0 Å². The quantitative estimate of drug-likeness (QED) is 0.224. The molecule has 0 radical (unpaired) electrons. The number of rotatable bonds is 9. The molecule has 0 aromatic heterocycles. The molecule has 4 aromatic rings. The van der Waals surface area contributed by atoms with Gasteiger partial charge in [0.2, 0.25) is 0 Å². The standard InChI is InChI=1S/C28H28N2O2/c29-23-9-17-27(18-10-23)31-25-13-5-21(6-14-25)3-1-2-4-22-7-15-26(16-8-22)32-28-19-11-24(30)12-20-28/h5-20H,1-4,29-30H2. The molecule has 0 saturated carbocycles. The van der Waals surface area contributed by atoms with E-state index in [1.807, 2.05) is 72.8 Å². The third-order valence-corrected chi connectivity index (χ3v) is 5.26. The second-order valence-electron chi connectivity index (χ2n) is 7.84. The third-order valence-electron chi connectivity index (χ3n) is 5.26. The lowest BCUT2D eigenvalue weighted by atomic mass is 10.0. The van der Waals surface area contributed by atoms with Gasteiger partial charge in [-0.1, -0.05) is 24.3 Å². The summed E-state index contributed by atoms with van der Waals surface area (Å²) in [6, 6.07) is 31.5. The van der Waals surface area contributed by atoms with Crippen LogP contribution in [0.1, 0.15) is 24.0 Å². The van der Waals surface area contributed by atoms with Crippen LogP contribution in [0.25, 0.3) is 0 Å². The second-order valence-corrected chi connectivity index (χ2v) is 7.84. The van der Waals surface area contributed by atoms with Crippen molar-refractivity contribution in [2.24, 2.45) is 0 Å². The highest BCUT2D eigenvalue weighted by Crippen LogP contribution is 2.24. The van der Waals surface area contributed by atoms with Crippen LogP contribution in [0.2, 0.25) is 0 Å². The first kappa shape index (κ1) is 21.3. The summed E-state index contributed by atoms with van der Waals surface area (Å²) in [6.07, 6.45) is 4.39. The number of hydrogen-bond donors (Lipinski definition) is 2. The van der Waals surface area contributed by atoms with Gasteiger partial charge in [-0.2, -0.15) is 0 Å². The van der Waals surface area contributed by atoms with E-state index in [0.717, 1.165) is 60.1 Å². The number of benzene rings is 4. The van der Waals surface area contributed by atoms with Crippen LogP contribution in [0.4, 0.5) is 11.4 Å². The molecule has 0 spiro atoms. The van der Waals surface area contributed by atoms with E-state index in [0.29, 0.717) is 0 Å². The van der Waals surface area contributed by atoms with E-state index in [1.54, 1.807) is 0 Å². The van der Waals surface area contributed by atoms with E-state index < -0.39 is 0 Å². The van der Waals surface area contributed by atoms with Gasteiger partial charge in [0.05, 0.1) is 0 Å². The first-order valence-corrected chi connectivity index (χ1v) is 10.9. The highest BCUT2D eigenvalue weighted by molar-refractivity contribution is 5.44. The summed E-state index contributed by atoms with van der Waals surface area (Å²) in [5.41, 5.74) is 15.5. The van der Waals surface area contributed by atoms with Crippen molar-refractivity contribution < 1.29 is 9.47 Å². The van der Waals surface area contributed by atoms with Crippen LogP contribution in [0, 0.1) is 0 Å². The molecule has 0 aliphatic rings. The Morgan fingerprint density at radius 1 is 0.406 bits per heavy atom. The fourth-order valence-corrected chi connectivity index (χ4v) is 3.45. The molecule has 4 aromatic carbocycles. The molecular formula is C28H28N2O2. The number of ether oxygens (including phenoxy) is 2. The first-order chi connectivity index (χ1) is 15.6. The Hall–Kier alpha value is -3.92. The minimum atomic E-state index is 0.732. The van der Waals surface area contributed by atoms with Crippen molar-refractivity contribution in [3.8, 4) is 23.0 Å². The van der Waals surface area contributed by atoms with E-state index in [2.05, 4.69) is 24.3 Å². The average Bonchev–Trinajstić information content (AvgIpc) is 2.82. The minimum Gasteiger partial charge on any atom is -0.457 e. The molecule has 0 aliphatic carbocycles. The Balaban J connectivity index is 1.19. The molecule has 0 unspecified atom stereocenters. The number of nitrogen functional groups attached to an aromatic ring is 2. The summed E-state index contributed by atoms with van der Waals surface area (Å²) < 4.78 is 11.7. The molecule has 0 heterocycles. The van der Waals surface area contributed by atoms with Gasteiger partial charge in [-0.3, -0.25) is 0 Å². The maximum atomic E-state index is 5.85. The lowest BCUT2D eigenvalue weighted by molar-refractivity contribution is 0.482. The van der Waals surface area contributed by atoms with Crippen molar-refractivity contribution in [3.05, 3.63) is 108 Å². The van der Waals surface area contributed by atoms with Crippen molar-refractivity contribution in [2.45, 2.75) is 25.7 Å².